The van der Waals surface area contributed by atoms with E-state index in [2.05, 4.69) is 22.3 Å². The smallest absolute Gasteiger partial charge is 0.317 e. The molecule has 10 heteroatoms. The van der Waals surface area contributed by atoms with E-state index in [0.29, 0.717) is 17.1 Å². The van der Waals surface area contributed by atoms with Crippen molar-refractivity contribution < 1.29 is 14.4 Å². The second-order valence-corrected chi connectivity index (χ2v) is 7.43. The molecular weight excluding hydrogens is 416 g/mol. The molecule has 6 N–H and O–H groups in total. The van der Waals surface area contributed by atoms with Crippen molar-refractivity contribution in [3.05, 3.63) is 69.2 Å². The highest BCUT2D eigenvalue weighted by Gasteiger charge is 2.18. The first kappa shape index (κ1) is 25.5. The normalized spacial score (nSPS) is 12.7. The molecule has 0 saturated heterocycles. The van der Waals surface area contributed by atoms with Crippen LogP contribution in [0, 0.1) is 13.8 Å². The van der Waals surface area contributed by atoms with Gasteiger partial charge < -0.3 is 26.7 Å². The van der Waals surface area contributed by atoms with E-state index in [-0.39, 0.29) is 10.9 Å². The van der Waals surface area contributed by atoms with E-state index in [1.54, 1.807) is 25.3 Å². The van der Waals surface area contributed by atoms with Crippen molar-refractivity contribution in [3.63, 3.8) is 0 Å². The number of aryl methyl sites for hydroxylation is 1. The van der Waals surface area contributed by atoms with Crippen LogP contribution in [0.3, 0.4) is 0 Å². The fraction of sp³-hybridized carbons (Fsp3) is 0.238. The lowest BCUT2D eigenvalue weighted by atomic mass is 10.2. The molecule has 0 aliphatic heterocycles. The Bertz CT molecular complexity index is 985. The topological polar surface area (TPSA) is 145 Å². The quantitative estimate of drug-likeness (QED) is 0.250. The van der Waals surface area contributed by atoms with Gasteiger partial charge in [0.05, 0.1) is 15.6 Å². The Labute approximate surface area is 186 Å². The number of rotatable bonds is 10. The highest BCUT2D eigenvalue weighted by atomic mass is 32.2. The number of hydrogen-bond donors (Lipinski definition) is 4. The van der Waals surface area contributed by atoms with Crippen molar-refractivity contribution in [1.29, 1.82) is 0 Å². The number of aliphatic imine (C=N–C) groups is 1. The predicted molar refractivity (Wildman–Crippen MR) is 125 cm³/mol. The summed E-state index contributed by atoms with van der Waals surface area (Å²) in [6.07, 6.45) is 8.08. The Hall–Kier alpha value is -3.53. The molecule has 0 bridgehead atoms. The van der Waals surface area contributed by atoms with E-state index in [4.69, 9.17) is 11.5 Å². The van der Waals surface area contributed by atoms with Crippen LogP contribution in [-0.2, 0) is 11.3 Å². The summed E-state index contributed by atoms with van der Waals surface area (Å²) in [4.78, 5) is 38.9. The van der Waals surface area contributed by atoms with Crippen molar-refractivity contribution in [2.45, 2.75) is 34.2 Å². The number of nitrogens with one attached hydrogen (secondary N) is 2. The minimum Gasteiger partial charge on any atom is -0.366 e. The third-order valence-electron chi connectivity index (χ3n) is 4.16. The van der Waals surface area contributed by atoms with Gasteiger partial charge in [-0.25, -0.2) is 4.79 Å². The number of amides is 4. The molecule has 0 radical (unpaired) electrons. The number of hydrogen-bond acceptors (Lipinski definition) is 5. The lowest BCUT2D eigenvalue weighted by Gasteiger charge is -2.13. The molecule has 0 aromatic carbocycles. The third kappa shape index (κ3) is 8.01. The summed E-state index contributed by atoms with van der Waals surface area (Å²) in [5.41, 5.74) is 13.5. The van der Waals surface area contributed by atoms with Gasteiger partial charge in [0, 0.05) is 30.2 Å². The molecule has 0 fully saturated rings. The van der Waals surface area contributed by atoms with Crippen LogP contribution in [0.25, 0.3) is 0 Å². The van der Waals surface area contributed by atoms with Crippen LogP contribution in [-0.4, -0.2) is 29.1 Å². The van der Waals surface area contributed by atoms with Crippen LogP contribution in [0.4, 0.5) is 4.79 Å². The first-order chi connectivity index (χ1) is 14.6. The van der Waals surface area contributed by atoms with Gasteiger partial charge in [-0.15, -0.1) is 0 Å². The first-order valence-corrected chi connectivity index (χ1v) is 10.1. The lowest BCUT2D eigenvalue weighted by molar-refractivity contribution is -0.113. The van der Waals surface area contributed by atoms with Gasteiger partial charge in [0.15, 0.2) is 0 Å². The molecule has 0 spiro atoms. The molecular formula is C21H28N6O3S. The van der Waals surface area contributed by atoms with Gasteiger partial charge in [-0.2, -0.15) is 0 Å². The van der Waals surface area contributed by atoms with Crippen molar-refractivity contribution in [3.8, 4) is 0 Å². The van der Waals surface area contributed by atoms with Gasteiger partial charge in [-0.3, -0.25) is 14.6 Å². The van der Waals surface area contributed by atoms with E-state index in [1.165, 1.54) is 0 Å². The van der Waals surface area contributed by atoms with Gasteiger partial charge in [-0.1, -0.05) is 23.9 Å². The Morgan fingerprint density at radius 1 is 1.16 bits per heavy atom. The third-order valence-corrected chi connectivity index (χ3v) is 5.16. The number of carbonyl (C=O) groups excluding carboxylic acids is 3. The molecule has 0 aliphatic carbocycles. The zero-order valence-corrected chi connectivity index (χ0v) is 18.9. The van der Waals surface area contributed by atoms with Crippen LogP contribution >= 0.6 is 11.8 Å². The van der Waals surface area contributed by atoms with Gasteiger partial charge >= 0.3 is 6.03 Å². The van der Waals surface area contributed by atoms with Crippen molar-refractivity contribution >= 4 is 36.3 Å². The molecule has 9 nitrogen and oxygen atoms in total. The monoisotopic (exact) mass is 444 g/mol. The summed E-state index contributed by atoms with van der Waals surface area (Å²) in [6, 6.07) is 0.943. The number of allylic oxidation sites excluding steroid dienone is 4. The lowest BCUT2D eigenvalue weighted by Crippen LogP contribution is -2.29. The Morgan fingerprint density at radius 3 is 2.35 bits per heavy atom. The van der Waals surface area contributed by atoms with Crippen LogP contribution in [0.1, 0.15) is 35.6 Å². The Kier molecular flexibility index (Phi) is 10.1. The number of carbonyl (C=O) groups is 3. The largest absolute Gasteiger partial charge is 0.366 e. The van der Waals surface area contributed by atoms with E-state index >= 15 is 0 Å². The molecule has 1 rings (SSSR count). The SMILES string of the molecule is C=N/C=C\C(=C/C)Cn1c(C)cc(C(=O)N/C(=C/C)S/C(=C/C(N)=O)NC(N)=O)c1C. The number of nitrogens with two attached hydrogens (primary N) is 2. The summed E-state index contributed by atoms with van der Waals surface area (Å²) in [6.45, 7) is 11.4. The standard InChI is InChI=1S/C21H28N6O3S/c1-6-15(8-9-24-5)12-27-13(3)10-16(14(27)4)20(29)25-18(7-2)31-19(11-17(22)28)26-21(23)30/h6-11H,5,12H2,1-4H3,(H2,22,28)(H,25,29)(H3,23,26,30)/b9-8-,15-6+,18-7-,19-11+. The zero-order valence-electron chi connectivity index (χ0n) is 18.1. The molecule has 0 atom stereocenters. The molecule has 166 valence electrons. The zero-order chi connectivity index (χ0) is 23.6. The number of primary amides is 2. The van der Waals surface area contributed by atoms with Gasteiger partial charge in [0.2, 0.25) is 5.91 Å². The molecule has 4 amide bonds. The maximum Gasteiger partial charge on any atom is 0.317 e. The van der Waals surface area contributed by atoms with Crippen molar-refractivity contribution in [2.75, 3.05) is 0 Å². The van der Waals surface area contributed by atoms with E-state index < -0.39 is 11.9 Å². The molecule has 31 heavy (non-hydrogen) atoms. The molecule has 0 aliphatic rings. The molecule has 0 unspecified atom stereocenters. The number of aromatic nitrogens is 1. The summed E-state index contributed by atoms with van der Waals surface area (Å²) in [5, 5.41) is 5.57. The highest BCUT2D eigenvalue weighted by Crippen LogP contribution is 2.23. The van der Waals surface area contributed by atoms with Crippen LogP contribution in [0.5, 0.6) is 0 Å². The van der Waals surface area contributed by atoms with Gasteiger partial charge in [-0.05, 0) is 52.1 Å². The van der Waals surface area contributed by atoms with Crippen molar-refractivity contribution in [2.24, 2.45) is 16.5 Å². The summed E-state index contributed by atoms with van der Waals surface area (Å²) in [5.74, 6) is -1.09. The minimum atomic E-state index is -0.856. The van der Waals surface area contributed by atoms with E-state index in [1.807, 2.05) is 37.5 Å². The maximum absolute atomic E-state index is 12.9. The summed E-state index contributed by atoms with van der Waals surface area (Å²) >= 11 is 0.946. The average Bonchev–Trinajstić information content (AvgIpc) is 2.97. The van der Waals surface area contributed by atoms with Gasteiger partial charge in [0.1, 0.15) is 0 Å². The summed E-state index contributed by atoms with van der Waals surface area (Å²) < 4.78 is 2.02. The minimum absolute atomic E-state index is 0.0965. The van der Waals surface area contributed by atoms with Gasteiger partial charge in [0.25, 0.3) is 5.91 Å². The van der Waals surface area contributed by atoms with E-state index in [9.17, 15) is 14.4 Å². The average molecular weight is 445 g/mol. The molecule has 1 heterocycles. The fourth-order valence-electron chi connectivity index (χ4n) is 2.64. The molecule has 0 saturated carbocycles. The first-order valence-electron chi connectivity index (χ1n) is 9.30. The van der Waals surface area contributed by atoms with Crippen LogP contribution in [0.2, 0.25) is 0 Å². The second kappa shape index (κ2) is 12.2. The van der Waals surface area contributed by atoms with Crippen molar-refractivity contribution in [1.82, 2.24) is 15.2 Å². The Morgan fingerprint density at radius 2 is 1.84 bits per heavy atom. The number of nitrogens with zero attached hydrogens (tertiary/aromatic N) is 2. The number of urea groups is 1. The van der Waals surface area contributed by atoms with Crippen LogP contribution < -0.4 is 22.1 Å². The second-order valence-electron chi connectivity index (χ2n) is 6.34. The summed E-state index contributed by atoms with van der Waals surface area (Å²) in [7, 11) is 0. The molecule has 1 aromatic heterocycles. The maximum atomic E-state index is 12.9. The fourth-order valence-corrected chi connectivity index (χ4v) is 3.47. The molecule has 1 aromatic rings. The predicted octanol–water partition coefficient (Wildman–Crippen LogP) is 2.58. The number of thioether (sulfide) groups is 1. The van der Waals surface area contributed by atoms with E-state index in [0.717, 1.165) is 34.8 Å². The van der Waals surface area contributed by atoms with Crippen LogP contribution in [0.15, 0.2) is 57.2 Å². The highest BCUT2D eigenvalue weighted by molar-refractivity contribution is 8.06. The Balaban J connectivity index is 3.07.